The summed E-state index contributed by atoms with van der Waals surface area (Å²) in [5, 5.41) is 8.33. The second kappa shape index (κ2) is 11.3. The van der Waals surface area contributed by atoms with Crippen molar-refractivity contribution >= 4 is 26.7 Å². The summed E-state index contributed by atoms with van der Waals surface area (Å²) < 4.78 is 30.3. The zero-order valence-electron chi connectivity index (χ0n) is 23.3. The van der Waals surface area contributed by atoms with Crippen molar-refractivity contribution < 1.29 is 13.2 Å². The Morgan fingerprint density at radius 1 is 1.00 bits per heavy atom. The maximum absolute atomic E-state index is 13.7. The average molecular weight is 570 g/mol. The minimum absolute atomic E-state index is 0.110. The van der Waals surface area contributed by atoms with Gasteiger partial charge in [0.2, 0.25) is 10.0 Å². The van der Waals surface area contributed by atoms with Crippen LogP contribution in [-0.4, -0.2) is 30.8 Å². The normalized spacial score (nSPS) is 18.5. The van der Waals surface area contributed by atoms with E-state index in [0.29, 0.717) is 36.4 Å². The maximum atomic E-state index is 13.7. The minimum Gasteiger partial charge on any atom is -0.345 e. The summed E-state index contributed by atoms with van der Waals surface area (Å²) in [6, 6.07) is 16.8. The van der Waals surface area contributed by atoms with Gasteiger partial charge in [0.15, 0.2) is 0 Å². The summed E-state index contributed by atoms with van der Waals surface area (Å²) in [6.45, 7) is 4.93. The highest BCUT2D eigenvalue weighted by atomic mass is 32.2. The summed E-state index contributed by atoms with van der Waals surface area (Å²) in [5.74, 6) is 0.292. The molecule has 0 aliphatic heterocycles. The van der Waals surface area contributed by atoms with Gasteiger partial charge in [0.1, 0.15) is 0 Å². The standard InChI is InChI=1S/C32H35N5O3S/c1-20(2)16-36-41(39,40)30-14-25-28(37-32(38)23-9-6-12-33-18-23)15-29(34-17-21-7-4-3-5-8-21)31(25)26-19-35-27(13-24(26)30)22-10-11-22/h3-9,12-14,18-20,22,28-29,34,36H,10-11,15-17H2,1-2H3,(H,37,38)/t28-,29-/m0/s1. The molecule has 6 rings (SSSR count). The fourth-order valence-electron chi connectivity index (χ4n) is 5.58. The zero-order chi connectivity index (χ0) is 28.6. The Morgan fingerprint density at radius 3 is 2.51 bits per heavy atom. The fourth-order valence-corrected chi connectivity index (χ4v) is 7.03. The Hall–Kier alpha value is -3.66. The van der Waals surface area contributed by atoms with Crippen LogP contribution in [-0.2, 0) is 16.6 Å². The van der Waals surface area contributed by atoms with Gasteiger partial charge in [0.25, 0.3) is 5.91 Å². The number of amides is 1. The van der Waals surface area contributed by atoms with Crippen LogP contribution in [0.25, 0.3) is 10.8 Å². The molecule has 8 nitrogen and oxygen atoms in total. The predicted molar refractivity (Wildman–Crippen MR) is 159 cm³/mol. The topological polar surface area (TPSA) is 113 Å². The van der Waals surface area contributed by atoms with E-state index >= 15 is 0 Å². The van der Waals surface area contributed by atoms with Crippen molar-refractivity contribution in [2.75, 3.05) is 6.54 Å². The number of hydrogen-bond donors (Lipinski definition) is 3. The molecule has 41 heavy (non-hydrogen) atoms. The highest BCUT2D eigenvalue weighted by Gasteiger charge is 2.37. The van der Waals surface area contributed by atoms with E-state index in [1.54, 1.807) is 24.4 Å². The number of fused-ring (bicyclic) bond motifs is 3. The summed E-state index contributed by atoms with van der Waals surface area (Å²) in [4.78, 5) is 22.3. The van der Waals surface area contributed by atoms with Gasteiger partial charge in [-0.2, -0.15) is 0 Å². The van der Waals surface area contributed by atoms with Crippen LogP contribution in [0.5, 0.6) is 0 Å². The van der Waals surface area contributed by atoms with E-state index in [9.17, 15) is 13.2 Å². The quantitative estimate of drug-likeness (QED) is 0.244. The molecular weight excluding hydrogens is 534 g/mol. The average Bonchev–Trinajstić information content (AvgIpc) is 3.78. The van der Waals surface area contributed by atoms with Gasteiger partial charge >= 0.3 is 0 Å². The monoisotopic (exact) mass is 569 g/mol. The minimum atomic E-state index is -3.82. The molecule has 1 saturated carbocycles. The molecule has 2 aromatic heterocycles. The van der Waals surface area contributed by atoms with Crippen LogP contribution in [0.15, 0.2) is 78.1 Å². The van der Waals surface area contributed by atoms with Crippen molar-refractivity contribution in [3.05, 3.63) is 101 Å². The van der Waals surface area contributed by atoms with Crippen molar-refractivity contribution in [3.63, 3.8) is 0 Å². The Bertz CT molecular complexity index is 1670. The molecule has 0 radical (unpaired) electrons. The number of nitrogens with zero attached hydrogens (tertiary/aromatic N) is 2. The van der Waals surface area contributed by atoms with E-state index in [2.05, 4.69) is 32.5 Å². The van der Waals surface area contributed by atoms with Gasteiger partial charge in [-0.1, -0.05) is 44.2 Å². The smallest absolute Gasteiger partial charge is 0.253 e. The Kier molecular flexibility index (Phi) is 7.59. The maximum Gasteiger partial charge on any atom is 0.253 e. The van der Waals surface area contributed by atoms with Crippen LogP contribution < -0.4 is 15.4 Å². The van der Waals surface area contributed by atoms with E-state index in [1.807, 2.05) is 44.3 Å². The molecule has 2 atom stereocenters. The van der Waals surface area contributed by atoms with Crippen molar-refractivity contribution in [2.45, 2.75) is 62.6 Å². The summed E-state index contributed by atoms with van der Waals surface area (Å²) >= 11 is 0. The molecule has 4 aromatic rings. The molecule has 3 N–H and O–H groups in total. The molecular formula is C32H35N5O3S. The Labute approximate surface area is 241 Å². The molecule has 212 valence electrons. The lowest BCUT2D eigenvalue weighted by molar-refractivity contribution is 0.0935. The number of benzene rings is 2. The third kappa shape index (κ3) is 5.88. The van der Waals surface area contributed by atoms with Gasteiger partial charge in [0.05, 0.1) is 16.5 Å². The third-order valence-electron chi connectivity index (χ3n) is 7.86. The second-order valence-corrected chi connectivity index (χ2v) is 13.2. The van der Waals surface area contributed by atoms with E-state index < -0.39 is 16.1 Å². The van der Waals surface area contributed by atoms with Crippen LogP contribution in [0.3, 0.4) is 0 Å². The van der Waals surface area contributed by atoms with Crippen molar-refractivity contribution in [1.29, 1.82) is 0 Å². The van der Waals surface area contributed by atoms with Crippen LogP contribution in [0.4, 0.5) is 0 Å². The first kappa shape index (κ1) is 27.5. The van der Waals surface area contributed by atoms with Crippen molar-refractivity contribution in [2.24, 2.45) is 5.92 Å². The van der Waals surface area contributed by atoms with Crippen molar-refractivity contribution in [3.8, 4) is 0 Å². The lowest BCUT2D eigenvalue weighted by atomic mass is 9.98. The number of rotatable bonds is 10. The van der Waals surface area contributed by atoms with E-state index in [-0.39, 0.29) is 22.8 Å². The van der Waals surface area contributed by atoms with Gasteiger partial charge in [0, 0.05) is 60.1 Å². The van der Waals surface area contributed by atoms with Crippen LogP contribution in [0.2, 0.25) is 0 Å². The van der Waals surface area contributed by atoms with Crippen molar-refractivity contribution in [1.82, 2.24) is 25.3 Å². The summed E-state index contributed by atoms with van der Waals surface area (Å²) in [5.41, 5.74) is 4.33. The molecule has 0 bridgehead atoms. The molecule has 2 aliphatic rings. The van der Waals surface area contributed by atoms with Gasteiger partial charge in [-0.3, -0.25) is 14.8 Å². The number of nitrogens with one attached hydrogen (secondary N) is 3. The Morgan fingerprint density at radius 2 is 1.80 bits per heavy atom. The molecule has 1 amide bonds. The highest BCUT2D eigenvalue weighted by Crippen LogP contribution is 2.47. The molecule has 0 spiro atoms. The lowest BCUT2D eigenvalue weighted by Crippen LogP contribution is -2.29. The summed E-state index contributed by atoms with van der Waals surface area (Å²) in [6.07, 6.45) is 7.72. The van der Waals surface area contributed by atoms with E-state index in [4.69, 9.17) is 4.98 Å². The largest absolute Gasteiger partial charge is 0.345 e. The number of pyridine rings is 2. The van der Waals surface area contributed by atoms with Crippen LogP contribution in [0.1, 0.15) is 83.9 Å². The first-order valence-electron chi connectivity index (χ1n) is 14.2. The SMILES string of the molecule is CC(C)CNS(=O)(=O)c1cc2c(c3cnc(C4CC4)cc13)[C@@H](NCc1ccccc1)C[C@@H]2NC(=O)c1cccnc1. The third-order valence-corrected chi connectivity index (χ3v) is 9.33. The van der Waals surface area contributed by atoms with E-state index in [1.165, 1.54) is 6.20 Å². The van der Waals surface area contributed by atoms with Gasteiger partial charge in [-0.05, 0) is 66.1 Å². The molecule has 0 unspecified atom stereocenters. The number of aromatic nitrogens is 2. The van der Waals surface area contributed by atoms with E-state index in [0.717, 1.165) is 40.6 Å². The first-order valence-corrected chi connectivity index (χ1v) is 15.7. The van der Waals surface area contributed by atoms with Crippen LogP contribution >= 0.6 is 0 Å². The number of hydrogen-bond acceptors (Lipinski definition) is 6. The van der Waals surface area contributed by atoms with Gasteiger partial charge < -0.3 is 10.6 Å². The lowest BCUT2D eigenvalue weighted by Gasteiger charge is -2.19. The number of carbonyl (C=O) groups is 1. The molecule has 1 fully saturated rings. The van der Waals surface area contributed by atoms with Crippen LogP contribution in [0, 0.1) is 5.92 Å². The molecule has 9 heteroatoms. The fraction of sp³-hybridized carbons (Fsp3) is 0.344. The Balaban J connectivity index is 1.46. The zero-order valence-corrected chi connectivity index (χ0v) is 24.1. The number of sulfonamides is 1. The second-order valence-electron chi connectivity index (χ2n) is 11.5. The highest BCUT2D eigenvalue weighted by molar-refractivity contribution is 7.89. The molecule has 0 saturated heterocycles. The van der Waals surface area contributed by atoms with Gasteiger partial charge in [-0.15, -0.1) is 0 Å². The predicted octanol–water partition coefficient (Wildman–Crippen LogP) is 5.15. The van der Waals surface area contributed by atoms with Gasteiger partial charge in [-0.25, -0.2) is 13.1 Å². The number of carbonyl (C=O) groups excluding carboxylic acids is 1. The summed E-state index contributed by atoms with van der Waals surface area (Å²) in [7, 11) is -3.82. The molecule has 2 heterocycles. The molecule has 2 aromatic carbocycles. The first-order chi connectivity index (χ1) is 19.8. The molecule has 2 aliphatic carbocycles.